The van der Waals surface area contributed by atoms with Crippen molar-refractivity contribution in [3.8, 4) is 0 Å². The maximum Gasteiger partial charge on any atom is 0.136 e. The van der Waals surface area contributed by atoms with Crippen LogP contribution >= 0.6 is 0 Å². The minimum Gasteiger partial charge on any atom is -0.384 e. The van der Waals surface area contributed by atoms with Crippen LogP contribution in [0.4, 0.5) is 5.82 Å². The lowest BCUT2D eigenvalue weighted by molar-refractivity contribution is 0.543. The maximum absolute atomic E-state index is 5.85. The smallest absolute Gasteiger partial charge is 0.136 e. The van der Waals surface area contributed by atoms with Gasteiger partial charge in [0.25, 0.3) is 0 Å². The third kappa shape index (κ3) is 3.03. The predicted octanol–water partition coefficient (Wildman–Crippen LogP) is 2.34. The second kappa shape index (κ2) is 4.72. The Morgan fingerprint density at radius 2 is 1.78 bits per heavy atom. The van der Waals surface area contributed by atoms with Crippen LogP contribution < -0.4 is 5.73 Å². The first-order valence-corrected chi connectivity index (χ1v) is 5.98. The fourth-order valence-electron chi connectivity index (χ4n) is 1.65. The molecule has 2 aromatic rings. The Morgan fingerprint density at radius 1 is 1.11 bits per heavy atom. The molecule has 0 saturated heterocycles. The third-order valence-corrected chi connectivity index (χ3v) is 2.60. The first-order chi connectivity index (χ1) is 8.45. The number of nitrogens with zero attached hydrogens (tertiary/aromatic N) is 3. The summed E-state index contributed by atoms with van der Waals surface area (Å²) < 4.78 is 0. The lowest BCUT2D eigenvalue weighted by Gasteiger charge is -2.17. The zero-order valence-corrected chi connectivity index (χ0v) is 11.0. The molecule has 18 heavy (non-hydrogen) atoms. The molecule has 2 heterocycles. The molecule has 0 aromatic carbocycles. The van der Waals surface area contributed by atoms with Crippen molar-refractivity contribution in [2.75, 3.05) is 5.73 Å². The Morgan fingerprint density at radius 3 is 2.39 bits per heavy atom. The summed E-state index contributed by atoms with van der Waals surface area (Å²) in [7, 11) is 0. The van der Waals surface area contributed by atoms with E-state index in [4.69, 9.17) is 5.73 Å². The molecule has 0 radical (unpaired) electrons. The van der Waals surface area contributed by atoms with E-state index in [2.05, 4.69) is 35.7 Å². The Hall–Kier alpha value is -1.97. The van der Waals surface area contributed by atoms with Gasteiger partial charge in [-0.2, -0.15) is 0 Å². The lowest BCUT2D eigenvalue weighted by atomic mass is 9.95. The van der Waals surface area contributed by atoms with E-state index in [-0.39, 0.29) is 5.41 Å². The number of hydrogen-bond acceptors (Lipinski definition) is 4. The fourth-order valence-corrected chi connectivity index (χ4v) is 1.65. The first-order valence-electron chi connectivity index (χ1n) is 5.98. The van der Waals surface area contributed by atoms with Crippen LogP contribution in [0.3, 0.4) is 0 Å². The molecule has 0 unspecified atom stereocenters. The van der Waals surface area contributed by atoms with Crippen LogP contribution in [0.1, 0.15) is 37.9 Å². The molecule has 2 aromatic heterocycles. The molecule has 2 rings (SSSR count). The highest BCUT2D eigenvalue weighted by molar-refractivity contribution is 5.33. The molecular weight excluding hydrogens is 224 g/mol. The normalized spacial score (nSPS) is 11.5. The Bertz CT molecular complexity index is 529. The van der Waals surface area contributed by atoms with Crippen LogP contribution in [0.5, 0.6) is 0 Å². The monoisotopic (exact) mass is 242 g/mol. The van der Waals surface area contributed by atoms with Crippen LogP contribution in [0.2, 0.25) is 0 Å². The Balaban J connectivity index is 2.32. The van der Waals surface area contributed by atoms with Gasteiger partial charge in [-0.25, -0.2) is 9.97 Å². The molecule has 4 nitrogen and oxygen atoms in total. The zero-order valence-electron chi connectivity index (χ0n) is 11.0. The van der Waals surface area contributed by atoms with E-state index in [1.54, 1.807) is 12.4 Å². The standard InChI is InChI=1S/C14H18N4/c1-14(2,3)13-17-11(9-12(15)18-13)8-10-4-6-16-7-5-10/h4-7,9H,8H2,1-3H3,(H2,15,17,18). The number of hydrogen-bond donors (Lipinski definition) is 1. The van der Waals surface area contributed by atoms with E-state index < -0.39 is 0 Å². The van der Waals surface area contributed by atoms with Gasteiger partial charge in [-0.3, -0.25) is 4.98 Å². The Labute approximate surface area is 107 Å². The third-order valence-electron chi connectivity index (χ3n) is 2.60. The van der Waals surface area contributed by atoms with E-state index in [0.29, 0.717) is 5.82 Å². The molecule has 4 heteroatoms. The molecule has 94 valence electrons. The van der Waals surface area contributed by atoms with E-state index in [1.165, 1.54) is 5.56 Å². The second-order valence-corrected chi connectivity index (χ2v) is 5.39. The number of rotatable bonds is 2. The van der Waals surface area contributed by atoms with Gasteiger partial charge in [-0.05, 0) is 17.7 Å². The molecule has 0 spiro atoms. The van der Waals surface area contributed by atoms with E-state index in [1.807, 2.05) is 18.2 Å². The molecule has 0 saturated carbocycles. The highest BCUT2D eigenvalue weighted by atomic mass is 15.0. The van der Waals surface area contributed by atoms with Crippen molar-refractivity contribution in [3.05, 3.63) is 47.7 Å². The van der Waals surface area contributed by atoms with E-state index >= 15 is 0 Å². The van der Waals surface area contributed by atoms with Crippen LogP contribution in [0.25, 0.3) is 0 Å². The summed E-state index contributed by atoms with van der Waals surface area (Å²) in [6, 6.07) is 5.79. The van der Waals surface area contributed by atoms with Gasteiger partial charge >= 0.3 is 0 Å². The van der Waals surface area contributed by atoms with Gasteiger partial charge in [0.15, 0.2) is 0 Å². The van der Waals surface area contributed by atoms with Crippen molar-refractivity contribution in [2.24, 2.45) is 0 Å². The maximum atomic E-state index is 5.85. The summed E-state index contributed by atoms with van der Waals surface area (Å²) in [4.78, 5) is 12.9. The average molecular weight is 242 g/mol. The molecule has 0 amide bonds. The molecule has 0 aliphatic heterocycles. The second-order valence-electron chi connectivity index (χ2n) is 5.39. The van der Waals surface area contributed by atoms with Crippen molar-refractivity contribution in [1.29, 1.82) is 0 Å². The minimum atomic E-state index is -0.0949. The number of aromatic nitrogens is 3. The summed E-state index contributed by atoms with van der Waals surface area (Å²) in [5, 5.41) is 0. The average Bonchev–Trinajstić information content (AvgIpc) is 2.28. The summed E-state index contributed by atoms with van der Waals surface area (Å²) in [6.07, 6.45) is 4.31. The molecule has 0 atom stereocenters. The first kappa shape index (κ1) is 12.5. The zero-order chi connectivity index (χ0) is 13.2. The molecule has 0 aliphatic carbocycles. The largest absolute Gasteiger partial charge is 0.384 e. The molecule has 0 fully saturated rings. The van der Waals surface area contributed by atoms with Gasteiger partial charge in [0.1, 0.15) is 11.6 Å². The molecule has 0 aliphatic rings. The lowest BCUT2D eigenvalue weighted by Crippen LogP contribution is -2.18. The van der Waals surface area contributed by atoms with Crippen LogP contribution in [-0.2, 0) is 11.8 Å². The highest BCUT2D eigenvalue weighted by Crippen LogP contribution is 2.20. The van der Waals surface area contributed by atoms with Crippen molar-refractivity contribution < 1.29 is 0 Å². The number of anilines is 1. The van der Waals surface area contributed by atoms with Gasteiger partial charge in [0.05, 0.1) is 5.69 Å². The number of nitrogen functional groups attached to an aromatic ring is 1. The van der Waals surface area contributed by atoms with E-state index in [9.17, 15) is 0 Å². The fraction of sp³-hybridized carbons (Fsp3) is 0.357. The topological polar surface area (TPSA) is 64.7 Å². The minimum absolute atomic E-state index is 0.0949. The summed E-state index contributed by atoms with van der Waals surface area (Å²) in [5.74, 6) is 1.31. The van der Waals surface area contributed by atoms with Crippen molar-refractivity contribution >= 4 is 5.82 Å². The number of nitrogens with two attached hydrogens (primary N) is 1. The number of pyridine rings is 1. The summed E-state index contributed by atoms with van der Waals surface area (Å²) >= 11 is 0. The van der Waals surface area contributed by atoms with Crippen LogP contribution in [0, 0.1) is 0 Å². The van der Waals surface area contributed by atoms with E-state index in [0.717, 1.165) is 17.9 Å². The van der Waals surface area contributed by atoms with Crippen molar-refractivity contribution in [1.82, 2.24) is 15.0 Å². The van der Waals surface area contributed by atoms with Crippen LogP contribution in [0.15, 0.2) is 30.6 Å². The van der Waals surface area contributed by atoms with Gasteiger partial charge in [-0.15, -0.1) is 0 Å². The van der Waals surface area contributed by atoms with Crippen molar-refractivity contribution in [2.45, 2.75) is 32.6 Å². The van der Waals surface area contributed by atoms with Gasteiger partial charge in [-0.1, -0.05) is 20.8 Å². The molecule has 2 N–H and O–H groups in total. The predicted molar refractivity (Wildman–Crippen MR) is 72.2 cm³/mol. The highest BCUT2D eigenvalue weighted by Gasteiger charge is 2.18. The van der Waals surface area contributed by atoms with Gasteiger partial charge in [0, 0.05) is 30.3 Å². The summed E-state index contributed by atoms with van der Waals surface area (Å²) in [5.41, 5.74) is 7.86. The van der Waals surface area contributed by atoms with Crippen LogP contribution in [-0.4, -0.2) is 15.0 Å². The Kier molecular flexibility index (Phi) is 3.28. The molecular formula is C14H18N4. The SMILES string of the molecule is CC(C)(C)c1nc(N)cc(Cc2ccncc2)n1. The molecule has 0 bridgehead atoms. The summed E-state index contributed by atoms with van der Waals surface area (Å²) in [6.45, 7) is 6.24. The van der Waals surface area contributed by atoms with Gasteiger partial charge < -0.3 is 5.73 Å². The quantitative estimate of drug-likeness (QED) is 0.878. The van der Waals surface area contributed by atoms with Gasteiger partial charge in [0.2, 0.25) is 0 Å². The van der Waals surface area contributed by atoms with Crippen molar-refractivity contribution in [3.63, 3.8) is 0 Å².